The summed E-state index contributed by atoms with van der Waals surface area (Å²) in [5.74, 6) is 1.50. The van der Waals surface area contributed by atoms with Gasteiger partial charge in [-0.2, -0.15) is 0 Å². The van der Waals surface area contributed by atoms with E-state index in [4.69, 9.17) is 9.15 Å². The standard InChI is InChI=1S/C21H22N2O3/c1-13-8-9-20(26-13)19-10-17(16-6-4-5-7-18(16)22-19)21(24)23-11-14(2)25-15(3)12-23/h4-10,14-15H,11-12H2,1-3H3/t14-,15-/m1/s1. The van der Waals surface area contributed by atoms with Gasteiger partial charge in [-0.05, 0) is 45.0 Å². The van der Waals surface area contributed by atoms with Crippen LogP contribution in [-0.2, 0) is 4.74 Å². The summed E-state index contributed by atoms with van der Waals surface area (Å²) in [6.45, 7) is 7.08. The number of hydrogen-bond acceptors (Lipinski definition) is 4. The molecule has 2 aromatic heterocycles. The van der Waals surface area contributed by atoms with Crippen molar-refractivity contribution < 1.29 is 13.9 Å². The Balaban J connectivity index is 1.81. The summed E-state index contributed by atoms with van der Waals surface area (Å²) in [4.78, 5) is 19.9. The number of hydrogen-bond donors (Lipinski definition) is 0. The van der Waals surface area contributed by atoms with Crippen LogP contribution in [0.3, 0.4) is 0 Å². The van der Waals surface area contributed by atoms with E-state index in [1.54, 1.807) is 0 Å². The molecule has 0 N–H and O–H groups in total. The lowest BCUT2D eigenvalue weighted by Crippen LogP contribution is -2.48. The molecule has 1 aliphatic rings. The van der Waals surface area contributed by atoms with Gasteiger partial charge in [-0.3, -0.25) is 4.79 Å². The fourth-order valence-electron chi connectivity index (χ4n) is 3.56. The summed E-state index contributed by atoms with van der Waals surface area (Å²) < 4.78 is 11.5. The number of fused-ring (bicyclic) bond motifs is 1. The number of para-hydroxylation sites is 1. The van der Waals surface area contributed by atoms with Crippen LogP contribution in [0.1, 0.15) is 30.0 Å². The van der Waals surface area contributed by atoms with E-state index >= 15 is 0 Å². The van der Waals surface area contributed by atoms with Crippen molar-refractivity contribution in [1.82, 2.24) is 9.88 Å². The predicted molar refractivity (Wildman–Crippen MR) is 100 cm³/mol. The van der Waals surface area contributed by atoms with Crippen molar-refractivity contribution in [2.45, 2.75) is 33.0 Å². The van der Waals surface area contributed by atoms with E-state index in [1.807, 2.05) is 68.1 Å². The minimum Gasteiger partial charge on any atom is -0.460 e. The Morgan fingerprint density at radius 3 is 2.54 bits per heavy atom. The lowest BCUT2D eigenvalue weighted by Gasteiger charge is -2.35. The molecule has 5 nitrogen and oxygen atoms in total. The van der Waals surface area contributed by atoms with Crippen LogP contribution in [0.5, 0.6) is 0 Å². The molecule has 1 aromatic carbocycles. The van der Waals surface area contributed by atoms with Gasteiger partial charge in [-0.1, -0.05) is 18.2 Å². The first kappa shape index (κ1) is 16.8. The third kappa shape index (κ3) is 3.10. The number of morpholine rings is 1. The summed E-state index contributed by atoms with van der Waals surface area (Å²) in [5, 5.41) is 0.858. The van der Waals surface area contributed by atoms with E-state index in [0.29, 0.717) is 30.1 Å². The molecule has 1 saturated heterocycles. The van der Waals surface area contributed by atoms with Crippen LogP contribution < -0.4 is 0 Å². The summed E-state index contributed by atoms with van der Waals surface area (Å²) in [7, 11) is 0. The van der Waals surface area contributed by atoms with Crippen molar-refractivity contribution in [1.29, 1.82) is 0 Å². The van der Waals surface area contributed by atoms with Crippen LogP contribution in [0.4, 0.5) is 0 Å². The highest BCUT2D eigenvalue weighted by Gasteiger charge is 2.28. The van der Waals surface area contributed by atoms with Crippen LogP contribution in [0, 0.1) is 6.92 Å². The second-order valence-corrected chi connectivity index (χ2v) is 6.95. The normalized spacial score (nSPS) is 20.5. The van der Waals surface area contributed by atoms with E-state index in [0.717, 1.165) is 16.7 Å². The molecule has 1 fully saturated rings. The zero-order valence-electron chi connectivity index (χ0n) is 15.2. The number of carbonyl (C=O) groups is 1. The Labute approximate surface area is 152 Å². The first-order chi connectivity index (χ1) is 12.5. The lowest BCUT2D eigenvalue weighted by atomic mass is 10.0. The number of furan rings is 1. The fourth-order valence-corrected chi connectivity index (χ4v) is 3.56. The number of benzene rings is 1. The van der Waals surface area contributed by atoms with Crippen molar-refractivity contribution in [2.75, 3.05) is 13.1 Å². The van der Waals surface area contributed by atoms with Crippen molar-refractivity contribution in [2.24, 2.45) is 0 Å². The van der Waals surface area contributed by atoms with Gasteiger partial charge in [0.1, 0.15) is 11.5 Å². The summed E-state index contributed by atoms with van der Waals surface area (Å²) in [5.41, 5.74) is 2.12. The lowest BCUT2D eigenvalue weighted by molar-refractivity contribution is -0.0585. The fraction of sp³-hybridized carbons (Fsp3) is 0.333. The first-order valence-corrected chi connectivity index (χ1v) is 8.92. The van der Waals surface area contributed by atoms with Crippen LogP contribution in [0.25, 0.3) is 22.4 Å². The number of nitrogens with zero attached hydrogens (tertiary/aromatic N) is 2. The molecule has 0 unspecified atom stereocenters. The smallest absolute Gasteiger partial charge is 0.254 e. The Kier molecular flexibility index (Phi) is 4.24. The number of rotatable bonds is 2. The van der Waals surface area contributed by atoms with Crippen LogP contribution in [-0.4, -0.2) is 41.1 Å². The Bertz CT molecular complexity index is 953. The van der Waals surface area contributed by atoms with Crippen molar-refractivity contribution in [3.8, 4) is 11.5 Å². The van der Waals surface area contributed by atoms with Gasteiger partial charge < -0.3 is 14.1 Å². The van der Waals surface area contributed by atoms with Crippen molar-refractivity contribution >= 4 is 16.8 Å². The first-order valence-electron chi connectivity index (χ1n) is 8.92. The molecule has 4 rings (SSSR count). The van der Waals surface area contributed by atoms with E-state index in [2.05, 4.69) is 4.98 Å². The average Bonchev–Trinajstić information content (AvgIpc) is 3.06. The molecule has 26 heavy (non-hydrogen) atoms. The molecule has 0 aliphatic carbocycles. The number of ether oxygens (including phenoxy) is 1. The minimum absolute atomic E-state index is 0.00938. The largest absolute Gasteiger partial charge is 0.460 e. The van der Waals surface area contributed by atoms with Gasteiger partial charge in [0.2, 0.25) is 0 Å². The predicted octanol–water partition coefficient (Wildman–Crippen LogP) is 4.05. The Hall–Kier alpha value is -2.66. The Morgan fingerprint density at radius 1 is 1.12 bits per heavy atom. The number of amides is 1. The quantitative estimate of drug-likeness (QED) is 0.699. The van der Waals surface area contributed by atoms with E-state index in [-0.39, 0.29) is 18.1 Å². The molecule has 2 atom stereocenters. The summed E-state index contributed by atoms with van der Waals surface area (Å²) in [6, 6.07) is 13.4. The minimum atomic E-state index is 0.00938. The molecule has 0 spiro atoms. The number of aromatic nitrogens is 1. The monoisotopic (exact) mass is 350 g/mol. The maximum Gasteiger partial charge on any atom is 0.254 e. The molecule has 0 radical (unpaired) electrons. The molecule has 134 valence electrons. The Morgan fingerprint density at radius 2 is 1.85 bits per heavy atom. The summed E-state index contributed by atoms with van der Waals surface area (Å²) in [6.07, 6.45) is 0.0611. The molecule has 0 saturated carbocycles. The van der Waals surface area contributed by atoms with E-state index in [1.165, 1.54) is 0 Å². The SMILES string of the molecule is Cc1ccc(-c2cc(C(=O)N3C[C@@H](C)O[C@H](C)C3)c3ccccc3n2)o1. The van der Waals surface area contributed by atoms with Crippen molar-refractivity contribution in [3.05, 3.63) is 53.8 Å². The molecule has 3 heterocycles. The topological polar surface area (TPSA) is 55.6 Å². The molecule has 0 bridgehead atoms. The van der Waals surface area contributed by atoms with Gasteiger partial charge in [-0.15, -0.1) is 0 Å². The van der Waals surface area contributed by atoms with Gasteiger partial charge in [0.25, 0.3) is 5.91 Å². The highest BCUT2D eigenvalue weighted by molar-refractivity contribution is 6.07. The van der Waals surface area contributed by atoms with Crippen LogP contribution in [0.15, 0.2) is 46.9 Å². The average molecular weight is 350 g/mol. The van der Waals surface area contributed by atoms with Crippen molar-refractivity contribution in [3.63, 3.8) is 0 Å². The van der Waals surface area contributed by atoms with E-state index < -0.39 is 0 Å². The number of carbonyl (C=O) groups excluding carboxylic acids is 1. The van der Waals surface area contributed by atoms with Crippen LogP contribution >= 0.6 is 0 Å². The van der Waals surface area contributed by atoms with Gasteiger partial charge in [-0.25, -0.2) is 4.98 Å². The number of aryl methyl sites for hydroxylation is 1. The molecular weight excluding hydrogens is 328 g/mol. The second kappa shape index (κ2) is 6.57. The maximum absolute atomic E-state index is 13.3. The highest BCUT2D eigenvalue weighted by Crippen LogP contribution is 2.27. The second-order valence-electron chi connectivity index (χ2n) is 6.95. The van der Waals surface area contributed by atoms with Crippen LogP contribution in [0.2, 0.25) is 0 Å². The van der Waals surface area contributed by atoms with Gasteiger partial charge >= 0.3 is 0 Å². The van der Waals surface area contributed by atoms with E-state index in [9.17, 15) is 4.79 Å². The van der Waals surface area contributed by atoms with Gasteiger partial charge in [0, 0.05) is 18.5 Å². The third-order valence-corrected chi connectivity index (χ3v) is 4.65. The number of pyridine rings is 1. The highest BCUT2D eigenvalue weighted by atomic mass is 16.5. The zero-order chi connectivity index (χ0) is 18.3. The molecule has 3 aromatic rings. The third-order valence-electron chi connectivity index (χ3n) is 4.65. The molecule has 1 amide bonds. The van der Waals surface area contributed by atoms with Gasteiger partial charge in [0.15, 0.2) is 5.76 Å². The zero-order valence-corrected chi connectivity index (χ0v) is 15.2. The maximum atomic E-state index is 13.3. The molecule has 5 heteroatoms. The molecule has 1 aliphatic heterocycles. The summed E-state index contributed by atoms with van der Waals surface area (Å²) >= 11 is 0. The van der Waals surface area contributed by atoms with Gasteiger partial charge in [0.05, 0.1) is 23.3 Å². The molecular formula is C21H22N2O3.